The molecule has 3 nitrogen and oxygen atoms in total. The van der Waals surface area contributed by atoms with Crippen LogP contribution in [-0.4, -0.2) is 13.0 Å². The minimum atomic E-state index is 0.0416. The van der Waals surface area contributed by atoms with E-state index in [1.165, 1.54) is 5.56 Å². The van der Waals surface area contributed by atoms with E-state index in [4.69, 9.17) is 17.3 Å². The fraction of sp³-hybridized carbons (Fsp3) is 0.235. The summed E-state index contributed by atoms with van der Waals surface area (Å²) in [7, 11) is 1.73. The molecule has 0 spiro atoms. The normalized spacial score (nSPS) is 10.4. The number of rotatable bonds is 5. The van der Waals surface area contributed by atoms with Crippen molar-refractivity contribution in [1.82, 2.24) is 0 Å². The summed E-state index contributed by atoms with van der Waals surface area (Å²) in [5.74, 6) is 0.0416. The van der Waals surface area contributed by atoms with Crippen LogP contribution in [0.3, 0.4) is 0 Å². The quantitative estimate of drug-likeness (QED) is 0.851. The molecule has 0 atom stereocenters. The van der Waals surface area contributed by atoms with Crippen LogP contribution in [0.4, 0.5) is 11.4 Å². The van der Waals surface area contributed by atoms with Crippen molar-refractivity contribution in [3.05, 3.63) is 59.1 Å². The first-order valence-electron chi connectivity index (χ1n) is 6.93. The highest BCUT2D eigenvalue weighted by Gasteiger charge is 2.13. The van der Waals surface area contributed by atoms with E-state index in [1.807, 2.05) is 18.2 Å². The zero-order valence-corrected chi connectivity index (χ0v) is 12.8. The lowest BCUT2D eigenvalue weighted by molar-refractivity contribution is -0.118. The van der Waals surface area contributed by atoms with Gasteiger partial charge in [-0.25, -0.2) is 0 Å². The predicted octanol–water partition coefficient (Wildman–Crippen LogP) is 3.91. The van der Waals surface area contributed by atoms with Gasteiger partial charge in [0.1, 0.15) is 0 Å². The minimum Gasteiger partial charge on any atom is -0.397 e. The lowest BCUT2D eigenvalue weighted by Gasteiger charge is -2.19. The SMILES string of the molecule is CN(C(=O)CCCc1ccccc1)c1cc(Cl)ccc1N. The topological polar surface area (TPSA) is 46.3 Å². The molecule has 0 bridgehead atoms. The van der Waals surface area contributed by atoms with Gasteiger partial charge in [-0.1, -0.05) is 41.9 Å². The lowest BCUT2D eigenvalue weighted by Crippen LogP contribution is -2.26. The van der Waals surface area contributed by atoms with E-state index in [9.17, 15) is 4.79 Å². The summed E-state index contributed by atoms with van der Waals surface area (Å²) in [4.78, 5) is 13.8. The zero-order valence-electron chi connectivity index (χ0n) is 12.1. The first-order chi connectivity index (χ1) is 10.1. The van der Waals surface area contributed by atoms with Gasteiger partial charge in [-0.2, -0.15) is 0 Å². The number of aryl methyl sites for hydroxylation is 1. The molecule has 0 fully saturated rings. The molecule has 2 N–H and O–H groups in total. The van der Waals surface area contributed by atoms with Crippen molar-refractivity contribution in [2.24, 2.45) is 0 Å². The Morgan fingerprint density at radius 2 is 1.90 bits per heavy atom. The van der Waals surface area contributed by atoms with Crippen LogP contribution in [0.5, 0.6) is 0 Å². The van der Waals surface area contributed by atoms with E-state index < -0.39 is 0 Å². The average Bonchev–Trinajstić information content (AvgIpc) is 2.50. The standard InChI is InChI=1S/C17H19ClN2O/c1-20(16-12-14(18)10-11-15(16)19)17(21)9-5-8-13-6-3-2-4-7-13/h2-4,6-7,10-12H,5,8-9,19H2,1H3. The maximum absolute atomic E-state index is 12.2. The smallest absolute Gasteiger partial charge is 0.226 e. The van der Waals surface area contributed by atoms with E-state index >= 15 is 0 Å². The second-order valence-electron chi connectivity index (χ2n) is 5.00. The van der Waals surface area contributed by atoms with Gasteiger partial charge in [0.05, 0.1) is 11.4 Å². The molecule has 0 radical (unpaired) electrons. The number of nitrogens with zero attached hydrogens (tertiary/aromatic N) is 1. The van der Waals surface area contributed by atoms with E-state index in [2.05, 4.69) is 12.1 Å². The Labute approximate surface area is 130 Å². The third kappa shape index (κ3) is 4.23. The number of nitrogen functional groups attached to an aromatic ring is 1. The number of benzene rings is 2. The van der Waals surface area contributed by atoms with Crippen molar-refractivity contribution in [1.29, 1.82) is 0 Å². The van der Waals surface area contributed by atoms with Crippen molar-refractivity contribution >= 4 is 28.9 Å². The fourth-order valence-electron chi connectivity index (χ4n) is 2.20. The maximum atomic E-state index is 12.2. The molecule has 2 aromatic carbocycles. The van der Waals surface area contributed by atoms with Crippen LogP contribution in [0.1, 0.15) is 18.4 Å². The van der Waals surface area contributed by atoms with Gasteiger partial charge in [-0.15, -0.1) is 0 Å². The monoisotopic (exact) mass is 302 g/mol. The van der Waals surface area contributed by atoms with Crippen LogP contribution >= 0.6 is 11.6 Å². The number of hydrogen-bond donors (Lipinski definition) is 1. The molecular formula is C17H19ClN2O. The third-order valence-electron chi connectivity index (χ3n) is 3.43. The van der Waals surface area contributed by atoms with Crippen LogP contribution in [0.2, 0.25) is 5.02 Å². The van der Waals surface area contributed by atoms with Crippen molar-refractivity contribution in [3.63, 3.8) is 0 Å². The molecule has 0 saturated heterocycles. The molecule has 21 heavy (non-hydrogen) atoms. The highest BCUT2D eigenvalue weighted by molar-refractivity contribution is 6.31. The highest BCUT2D eigenvalue weighted by Crippen LogP contribution is 2.26. The third-order valence-corrected chi connectivity index (χ3v) is 3.66. The summed E-state index contributed by atoms with van der Waals surface area (Å²) in [6, 6.07) is 15.3. The second-order valence-corrected chi connectivity index (χ2v) is 5.43. The molecule has 2 aromatic rings. The largest absolute Gasteiger partial charge is 0.397 e. The maximum Gasteiger partial charge on any atom is 0.226 e. The molecule has 0 aliphatic heterocycles. The van der Waals surface area contributed by atoms with Gasteiger partial charge in [0.2, 0.25) is 5.91 Å². The molecule has 0 unspecified atom stereocenters. The van der Waals surface area contributed by atoms with Crippen LogP contribution < -0.4 is 10.6 Å². The second kappa shape index (κ2) is 7.14. The van der Waals surface area contributed by atoms with Crippen molar-refractivity contribution in [2.75, 3.05) is 17.7 Å². The van der Waals surface area contributed by atoms with Crippen molar-refractivity contribution in [2.45, 2.75) is 19.3 Å². The Balaban J connectivity index is 1.92. The Hall–Kier alpha value is -2.00. The highest BCUT2D eigenvalue weighted by atomic mass is 35.5. The molecule has 1 amide bonds. The number of amides is 1. The Morgan fingerprint density at radius 3 is 2.62 bits per heavy atom. The van der Waals surface area contributed by atoms with Gasteiger partial charge >= 0.3 is 0 Å². The van der Waals surface area contributed by atoms with Crippen molar-refractivity contribution < 1.29 is 4.79 Å². The number of carbonyl (C=O) groups is 1. The Kier molecular flexibility index (Phi) is 5.23. The summed E-state index contributed by atoms with van der Waals surface area (Å²) in [5, 5.41) is 0.572. The summed E-state index contributed by atoms with van der Waals surface area (Å²) in [5.41, 5.74) is 8.35. The average molecular weight is 303 g/mol. The number of halogens is 1. The Bertz CT molecular complexity index is 613. The summed E-state index contributed by atoms with van der Waals surface area (Å²) in [6.45, 7) is 0. The molecule has 0 saturated carbocycles. The van der Waals surface area contributed by atoms with E-state index in [1.54, 1.807) is 30.1 Å². The lowest BCUT2D eigenvalue weighted by atomic mass is 10.1. The molecule has 0 heterocycles. The number of nitrogens with two attached hydrogens (primary N) is 1. The van der Waals surface area contributed by atoms with Gasteiger partial charge < -0.3 is 10.6 Å². The molecular weight excluding hydrogens is 284 g/mol. The molecule has 0 aromatic heterocycles. The first kappa shape index (κ1) is 15.4. The Morgan fingerprint density at radius 1 is 1.19 bits per heavy atom. The fourth-order valence-corrected chi connectivity index (χ4v) is 2.36. The van der Waals surface area contributed by atoms with Crippen LogP contribution in [0.15, 0.2) is 48.5 Å². The minimum absolute atomic E-state index is 0.0416. The van der Waals surface area contributed by atoms with Gasteiger partial charge in [-0.3, -0.25) is 4.79 Å². The van der Waals surface area contributed by atoms with Crippen molar-refractivity contribution in [3.8, 4) is 0 Å². The summed E-state index contributed by atoms with van der Waals surface area (Å²) in [6.07, 6.45) is 2.19. The van der Waals surface area contributed by atoms with E-state index in [-0.39, 0.29) is 5.91 Å². The molecule has 110 valence electrons. The molecule has 0 aliphatic rings. The van der Waals surface area contributed by atoms with Gasteiger partial charge in [0.25, 0.3) is 0 Å². The molecule has 2 rings (SSSR count). The molecule has 4 heteroatoms. The number of carbonyl (C=O) groups excluding carboxylic acids is 1. The molecule has 0 aliphatic carbocycles. The van der Waals surface area contributed by atoms with Crippen LogP contribution in [-0.2, 0) is 11.2 Å². The van der Waals surface area contributed by atoms with Gasteiger partial charge in [-0.05, 0) is 36.6 Å². The van der Waals surface area contributed by atoms with Crippen LogP contribution in [0.25, 0.3) is 0 Å². The first-order valence-corrected chi connectivity index (χ1v) is 7.31. The summed E-state index contributed by atoms with van der Waals surface area (Å²) < 4.78 is 0. The zero-order chi connectivity index (χ0) is 15.2. The van der Waals surface area contributed by atoms with E-state index in [0.717, 1.165) is 12.8 Å². The number of hydrogen-bond acceptors (Lipinski definition) is 2. The van der Waals surface area contributed by atoms with Crippen LogP contribution in [0, 0.1) is 0 Å². The van der Waals surface area contributed by atoms with E-state index in [0.29, 0.717) is 22.8 Å². The van der Waals surface area contributed by atoms with Gasteiger partial charge in [0, 0.05) is 18.5 Å². The number of anilines is 2. The predicted molar refractivity (Wildman–Crippen MR) is 88.7 cm³/mol. The summed E-state index contributed by atoms with van der Waals surface area (Å²) >= 11 is 5.96. The van der Waals surface area contributed by atoms with Gasteiger partial charge in [0.15, 0.2) is 0 Å².